The Labute approximate surface area is 194 Å². The standard InChI is InChI=1S/C21H24N4O3S3/c1-3-4-12-29-20-23-24-21(31-20)30-14-18(26)25(2)17-10-6-5-9-16(17)19(27)22-13-15-8-7-11-28-15/h5-11H,3-4,12-14H2,1-2H3,(H,22,27). The van der Waals surface area contributed by atoms with Gasteiger partial charge in [0.2, 0.25) is 5.91 Å². The highest BCUT2D eigenvalue weighted by Gasteiger charge is 2.19. The summed E-state index contributed by atoms with van der Waals surface area (Å²) < 4.78 is 6.94. The van der Waals surface area contributed by atoms with E-state index in [0.29, 0.717) is 17.0 Å². The number of hydrogen-bond donors (Lipinski definition) is 1. The van der Waals surface area contributed by atoms with E-state index in [2.05, 4.69) is 22.4 Å². The number of anilines is 1. The van der Waals surface area contributed by atoms with Gasteiger partial charge in [0.05, 0.1) is 29.8 Å². The summed E-state index contributed by atoms with van der Waals surface area (Å²) in [4.78, 5) is 26.9. The first-order valence-corrected chi connectivity index (χ1v) is 12.6. The zero-order valence-electron chi connectivity index (χ0n) is 17.4. The fraction of sp³-hybridized carbons (Fsp3) is 0.333. The van der Waals surface area contributed by atoms with Crippen LogP contribution in [0.3, 0.4) is 0 Å². The largest absolute Gasteiger partial charge is 0.467 e. The third-order valence-corrected chi connectivity index (χ3v) is 7.58. The van der Waals surface area contributed by atoms with E-state index >= 15 is 0 Å². The van der Waals surface area contributed by atoms with Crippen molar-refractivity contribution in [3.8, 4) is 0 Å². The maximum Gasteiger partial charge on any atom is 0.253 e. The summed E-state index contributed by atoms with van der Waals surface area (Å²) in [5.41, 5.74) is 0.985. The number of unbranched alkanes of at least 4 members (excludes halogenated alkanes) is 1. The summed E-state index contributed by atoms with van der Waals surface area (Å²) in [6, 6.07) is 10.6. The molecular formula is C21H24N4O3S3. The zero-order valence-corrected chi connectivity index (χ0v) is 19.8. The number of rotatable bonds is 11. The van der Waals surface area contributed by atoms with Crippen LogP contribution in [-0.4, -0.2) is 40.6 Å². The molecule has 0 atom stereocenters. The highest BCUT2D eigenvalue weighted by Crippen LogP contribution is 2.30. The Morgan fingerprint density at radius 2 is 1.90 bits per heavy atom. The van der Waals surface area contributed by atoms with Crippen molar-refractivity contribution in [1.82, 2.24) is 15.5 Å². The Morgan fingerprint density at radius 1 is 1.13 bits per heavy atom. The van der Waals surface area contributed by atoms with Crippen LogP contribution >= 0.6 is 34.9 Å². The van der Waals surface area contributed by atoms with Crippen LogP contribution < -0.4 is 10.2 Å². The van der Waals surface area contributed by atoms with Crippen LogP contribution in [0.15, 0.2) is 55.8 Å². The maximum atomic E-state index is 12.8. The minimum absolute atomic E-state index is 0.119. The molecule has 164 valence electrons. The van der Waals surface area contributed by atoms with Crippen molar-refractivity contribution in [3.05, 3.63) is 54.0 Å². The van der Waals surface area contributed by atoms with E-state index in [0.717, 1.165) is 27.3 Å². The Kier molecular flexibility index (Phi) is 8.98. The SMILES string of the molecule is CCCCSc1nnc(SCC(=O)N(C)c2ccccc2C(=O)NCc2ccco2)s1. The minimum Gasteiger partial charge on any atom is -0.467 e. The first-order valence-electron chi connectivity index (χ1n) is 9.83. The first kappa shape index (κ1) is 23.4. The van der Waals surface area contributed by atoms with Gasteiger partial charge in [0, 0.05) is 12.8 Å². The first-order chi connectivity index (χ1) is 15.1. The summed E-state index contributed by atoms with van der Waals surface area (Å²) in [7, 11) is 1.67. The van der Waals surface area contributed by atoms with Crippen molar-refractivity contribution in [2.24, 2.45) is 0 Å². The lowest BCUT2D eigenvalue weighted by atomic mass is 10.1. The van der Waals surface area contributed by atoms with Crippen LogP contribution in [0.1, 0.15) is 35.9 Å². The van der Waals surface area contributed by atoms with Crippen LogP contribution in [0.5, 0.6) is 0 Å². The summed E-state index contributed by atoms with van der Waals surface area (Å²) >= 11 is 4.56. The lowest BCUT2D eigenvalue weighted by molar-refractivity contribution is -0.115. The van der Waals surface area contributed by atoms with Gasteiger partial charge in [-0.1, -0.05) is 60.3 Å². The van der Waals surface area contributed by atoms with Crippen molar-refractivity contribution in [2.45, 2.75) is 35.0 Å². The molecule has 0 bridgehead atoms. The number of hydrogen-bond acceptors (Lipinski definition) is 8. The van der Waals surface area contributed by atoms with Gasteiger partial charge < -0.3 is 14.6 Å². The van der Waals surface area contributed by atoms with Crippen molar-refractivity contribution in [1.29, 1.82) is 0 Å². The van der Waals surface area contributed by atoms with Gasteiger partial charge in [0.1, 0.15) is 5.76 Å². The van der Waals surface area contributed by atoms with E-state index < -0.39 is 0 Å². The fourth-order valence-corrected chi connectivity index (χ4v) is 5.69. The number of benzene rings is 1. The molecule has 31 heavy (non-hydrogen) atoms. The van der Waals surface area contributed by atoms with Crippen molar-refractivity contribution in [3.63, 3.8) is 0 Å². The molecule has 3 aromatic rings. The van der Waals surface area contributed by atoms with E-state index in [1.165, 1.54) is 28.0 Å². The normalized spacial score (nSPS) is 10.8. The topological polar surface area (TPSA) is 88.3 Å². The van der Waals surface area contributed by atoms with E-state index in [4.69, 9.17) is 4.42 Å². The third kappa shape index (κ3) is 6.84. The summed E-state index contributed by atoms with van der Waals surface area (Å²) in [6.45, 7) is 2.44. The zero-order chi connectivity index (χ0) is 22.1. The molecule has 1 aromatic carbocycles. The van der Waals surface area contributed by atoms with Gasteiger partial charge in [0.15, 0.2) is 8.68 Å². The van der Waals surface area contributed by atoms with Gasteiger partial charge >= 0.3 is 0 Å². The number of carbonyl (C=O) groups is 2. The number of amides is 2. The summed E-state index contributed by atoms with van der Waals surface area (Å²) in [5.74, 6) is 1.52. The van der Waals surface area contributed by atoms with Crippen LogP contribution in [0.4, 0.5) is 5.69 Å². The molecule has 0 aliphatic heterocycles. The van der Waals surface area contributed by atoms with E-state index in [9.17, 15) is 9.59 Å². The lowest BCUT2D eigenvalue weighted by Gasteiger charge is -2.20. The lowest BCUT2D eigenvalue weighted by Crippen LogP contribution is -2.31. The van der Waals surface area contributed by atoms with Crippen molar-refractivity contribution >= 4 is 52.4 Å². The molecule has 1 N–H and O–H groups in total. The fourth-order valence-electron chi connectivity index (χ4n) is 2.61. The number of nitrogens with zero attached hydrogens (tertiary/aromatic N) is 3. The van der Waals surface area contributed by atoms with E-state index in [1.807, 2.05) is 0 Å². The minimum atomic E-state index is -0.267. The highest BCUT2D eigenvalue weighted by atomic mass is 32.2. The van der Waals surface area contributed by atoms with Crippen LogP contribution in [-0.2, 0) is 11.3 Å². The predicted molar refractivity (Wildman–Crippen MR) is 126 cm³/mol. The monoisotopic (exact) mass is 476 g/mol. The number of aromatic nitrogens is 2. The number of furan rings is 1. The third-order valence-electron chi connectivity index (χ3n) is 4.32. The van der Waals surface area contributed by atoms with Crippen LogP contribution in [0.25, 0.3) is 0 Å². The molecule has 0 aliphatic carbocycles. The van der Waals surface area contributed by atoms with Gasteiger partial charge in [-0.05, 0) is 30.7 Å². The molecule has 0 fully saturated rings. The summed E-state index contributed by atoms with van der Waals surface area (Å²) in [5, 5.41) is 11.2. The quantitative estimate of drug-likeness (QED) is 0.317. The van der Waals surface area contributed by atoms with Crippen LogP contribution in [0.2, 0.25) is 0 Å². The van der Waals surface area contributed by atoms with Gasteiger partial charge in [0.25, 0.3) is 5.91 Å². The average molecular weight is 477 g/mol. The molecule has 2 aromatic heterocycles. The second-order valence-electron chi connectivity index (χ2n) is 6.56. The molecule has 2 heterocycles. The van der Waals surface area contributed by atoms with Crippen LogP contribution in [0, 0.1) is 0 Å². The molecule has 0 unspecified atom stereocenters. The van der Waals surface area contributed by atoms with Gasteiger partial charge in [-0.15, -0.1) is 10.2 Å². The number of thioether (sulfide) groups is 2. The molecule has 10 heteroatoms. The molecule has 2 amide bonds. The second-order valence-corrected chi connectivity index (χ2v) is 10.1. The Hall–Kier alpha value is -2.30. The van der Waals surface area contributed by atoms with E-state index in [1.54, 1.807) is 61.5 Å². The van der Waals surface area contributed by atoms with Gasteiger partial charge in [-0.3, -0.25) is 9.59 Å². The van der Waals surface area contributed by atoms with Gasteiger partial charge in [-0.2, -0.15) is 0 Å². The second kappa shape index (κ2) is 11.9. The van der Waals surface area contributed by atoms with Crippen molar-refractivity contribution < 1.29 is 14.0 Å². The van der Waals surface area contributed by atoms with E-state index in [-0.39, 0.29) is 24.1 Å². The van der Waals surface area contributed by atoms with Crippen molar-refractivity contribution in [2.75, 3.05) is 23.5 Å². The Bertz CT molecular complexity index is 991. The Balaban J connectivity index is 1.57. The number of para-hydroxylation sites is 1. The number of nitrogens with one attached hydrogen (secondary N) is 1. The average Bonchev–Trinajstić information content (AvgIpc) is 3.47. The van der Waals surface area contributed by atoms with Gasteiger partial charge in [-0.25, -0.2) is 0 Å². The molecule has 0 spiro atoms. The molecule has 7 nitrogen and oxygen atoms in total. The molecular weight excluding hydrogens is 452 g/mol. The maximum absolute atomic E-state index is 12.8. The Morgan fingerprint density at radius 3 is 2.65 bits per heavy atom. The molecule has 0 radical (unpaired) electrons. The molecule has 0 saturated heterocycles. The molecule has 3 rings (SSSR count). The summed E-state index contributed by atoms with van der Waals surface area (Å²) in [6.07, 6.45) is 3.85. The molecule has 0 aliphatic rings. The molecule has 0 saturated carbocycles. The predicted octanol–water partition coefficient (Wildman–Crippen LogP) is 4.71. The highest BCUT2D eigenvalue weighted by molar-refractivity contribution is 8.03. The number of carbonyl (C=O) groups excluding carboxylic acids is 2. The smallest absolute Gasteiger partial charge is 0.253 e.